The molecule has 2 N–H and O–H groups in total. The molecule has 0 spiro atoms. The van der Waals surface area contributed by atoms with Crippen molar-refractivity contribution in [3.8, 4) is 0 Å². The number of rotatable bonds is 5. The summed E-state index contributed by atoms with van der Waals surface area (Å²) in [6, 6.07) is 8.19. The van der Waals surface area contributed by atoms with Crippen LogP contribution in [0.1, 0.15) is 5.82 Å². The maximum absolute atomic E-state index is 12.0. The van der Waals surface area contributed by atoms with E-state index in [2.05, 4.69) is 15.4 Å². The number of sulfone groups is 1. The number of benzene rings is 1. The molecule has 0 saturated heterocycles. The summed E-state index contributed by atoms with van der Waals surface area (Å²) in [6.07, 6.45) is 0. The van der Waals surface area contributed by atoms with Crippen LogP contribution in [0.25, 0.3) is 0 Å². The van der Waals surface area contributed by atoms with Crippen LogP contribution in [0.5, 0.6) is 0 Å². The van der Waals surface area contributed by atoms with Gasteiger partial charge in [0.15, 0.2) is 15.7 Å². The molecule has 0 radical (unpaired) electrons. The summed E-state index contributed by atoms with van der Waals surface area (Å²) in [5, 5.41) is 11.4. The van der Waals surface area contributed by atoms with E-state index in [1.54, 1.807) is 30.3 Å². The molecule has 2 rings (SSSR count). The molecule has 0 bridgehead atoms. The molecule has 0 unspecified atom stereocenters. The van der Waals surface area contributed by atoms with Crippen LogP contribution < -0.4 is 5.73 Å². The first-order chi connectivity index (χ1) is 8.62. The normalized spacial score (nSPS) is 11.6. The second-order valence-electron chi connectivity index (χ2n) is 3.66. The molecule has 1 aromatic heterocycles. The lowest BCUT2D eigenvalue weighted by molar-refractivity contribution is 0.529. The van der Waals surface area contributed by atoms with E-state index in [0.29, 0.717) is 13.1 Å². The summed E-state index contributed by atoms with van der Waals surface area (Å²) >= 11 is 0. The molecule has 1 aromatic carbocycles. The van der Waals surface area contributed by atoms with Crippen LogP contribution in [0.4, 0.5) is 0 Å². The SMILES string of the molecule is NCCn1nnc(CS(=O)(=O)c2ccccc2)n1. The van der Waals surface area contributed by atoms with Crippen molar-refractivity contribution in [3.05, 3.63) is 36.2 Å². The van der Waals surface area contributed by atoms with Crippen LogP contribution in [0, 0.1) is 0 Å². The lowest BCUT2D eigenvalue weighted by atomic mass is 10.4. The van der Waals surface area contributed by atoms with Crippen LogP contribution in [0.15, 0.2) is 35.2 Å². The Bertz CT molecular complexity index is 608. The molecular weight excluding hydrogens is 254 g/mol. The van der Waals surface area contributed by atoms with Gasteiger partial charge >= 0.3 is 0 Å². The van der Waals surface area contributed by atoms with Gasteiger partial charge in [0, 0.05) is 6.54 Å². The van der Waals surface area contributed by atoms with Gasteiger partial charge in [-0.25, -0.2) is 8.42 Å². The van der Waals surface area contributed by atoms with Crippen molar-refractivity contribution in [1.29, 1.82) is 0 Å². The molecule has 0 aliphatic carbocycles. The predicted octanol–water partition coefficient (Wildman–Crippen LogP) is -0.394. The minimum absolute atomic E-state index is 0.173. The third-order valence-corrected chi connectivity index (χ3v) is 3.87. The highest BCUT2D eigenvalue weighted by molar-refractivity contribution is 7.90. The molecule has 0 amide bonds. The average Bonchev–Trinajstić information content (AvgIpc) is 2.77. The fourth-order valence-corrected chi connectivity index (χ4v) is 2.62. The molecule has 0 aliphatic rings. The Kier molecular flexibility index (Phi) is 3.68. The average molecular weight is 267 g/mol. The summed E-state index contributed by atoms with van der Waals surface area (Å²) in [4.78, 5) is 1.54. The van der Waals surface area contributed by atoms with Crippen LogP contribution in [0.3, 0.4) is 0 Å². The summed E-state index contributed by atoms with van der Waals surface area (Å²) in [6.45, 7) is 0.791. The van der Waals surface area contributed by atoms with E-state index >= 15 is 0 Å². The number of hydrogen-bond acceptors (Lipinski definition) is 6. The third-order valence-electron chi connectivity index (χ3n) is 2.24. The molecule has 0 atom stereocenters. The Morgan fingerprint density at radius 2 is 1.94 bits per heavy atom. The van der Waals surface area contributed by atoms with E-state index in [-0.39, 0.29) is 16.5 Å². The number of tetrazole rings is 1. The van der Waals surface area contributed by atoms with Crippen molar-refractivity contribution in [2.45, 2.75) is 17.2 Å². The van der Waals surface area contributed by atoms with Crippen molar-refractivity contribution in [3.63, 3.8) is 0 Å². The van der Waals surface area contributed by atoms with Gasteiger partial charge in [-0.1, -0.05) is 18.2 Å². The van der Waals surface area contributed by atoms with E-state index in [0.717, 1.165) is 0 Å². The number of nitrogens with zero attached hydrogens (tertiary/aromatic N) is 4. The third kappa shape index (κ3) is 2.90. The second kappa shape index (κ2) is 5.23. The van der Waals surface area contributed by atoms with E-state index in [4.69, 9.17) is 5.73 Å². The van der Waals surface area contributed by atoms with Gasteiger partial charge < -0.3 is 5.73 Å². The van der Waals surface area contributed by atoms with E-state index < -0.39 is 9.84 Å². The zero-order valence-electron chi connectivity index (χ0n) is 9.60. The fraction of sp³-hybridized carbons (Fsp3) is 0.300. The molecule has 0 aliphatic heterocycles. The molecule has 1 heterocycles. The molecule has 7 nitrogen and oxygen atoms in total. The number of hydrogen-bond donors (Lipinski definition) is 1. The van der Waals surface area contributed by atoms with Gasteiger partial charge in [-0.15, -0.1) is 10.2 Å². The van der Waals surface area contributed by atoms with Gasteiger partial charge in [0.2, 0.25) is 0 Å². The van der Waals surface area contributed by atoms with Crippen LogP contribution in [-0.4, -0.2) is 35.2 Å². The first-order valence-electron chi connectivity index (χ1n) is 5.36. The van der Waals surface area contributed by atoms with Crippen molar-refractivity contribution >= 4 is 9.84 Å². The smallest absolute Gasteiger partial charge is 0.190 e. The quantitative estimate of drug-likeness (QED) is 0.791. The zero-order chi connectivity index (χ0) is 13.0. The zero-order valence-corrected chi connectivity index (χ0v) is 10.4. The summed E-state index contributed by atoms with van der Waals surface area (Å²) < 4.78 is 24.1. The minimum atomic E-state index is -3.42. The maximum atomic E-state index is 12.0. The highest BCUT2D eigenvalue weighted by Gasteiger charge is 2.18. The molecule has 2 aromatic rings. The van der Waals surface area contributed by atoms with Gasteiger partial charge in [0.25, 0.3) is 0 Å². The summed E-state index contributed by atoms with van der Waals surface area (Å²) in [5.74, 6) is -0.0889. The Morgan fingerprint density at radius 1 is 1.22 bits per heavy atom. The molecule has 96 valence electrons. The van der Waals surface area contributed by atoms with E-state index in [1.165, 1.54) is 4.80 Å². The Balaban J connectivity index is 2.17. The van der Waals surface area contributed by atoms with Crippen LogP contribution in [-0.2, 0) is 22.1 Å². The van der Waals surface area contributed by atoms with Gasteiger partial charge in [-0.2, -0.15) is 4.80 Å². The lowest BCUT2D eigenvalue weighted by Gasteiger charge is -2.00. The monoisotopic (exact) mass is 267 g/mol. The van der Waals surface area contributed by atoms with Gasteiger partial charge in [-0.05, 0) is 17.3 Å². The Labute approximate surface area is 105 Å². The Hall–Kier alpha value is -1.80. The predicted molar refractivity (Wildman–Crippen MR) is 64.2 cm³/mol. The van der Waals surface area contributed by atoms with Crippen molar-refractivity contribution in [2.75, 3.05) is 6.54 Å². The van der Waals surface area contributed by atoms with Gasteiger partial charge in [0.1, 0.15) is 5.75 Å². The van der Waals surface area contributed by atoms with Crippen molar-refractivity contribution in [1.82, 2.24) is 20.2 Å². The van der Waals surface area contributed by atoms with Crippen molar-refractivity contribution in [2.24, 2.45) is 5.73 Å². The topological polar surface area (TPSA) is 104 Å². The Morgan fingerprint density at radius 3 is 2.61 bits per heavy atom. The minimum Gasteiger partial charge on any atom is -0.329 e. The molecule has 18 heavy (non-hydrogen) atoms. The van der Waals surface area contributed by atoms with Crippen molar-refractivity contribution < 1.29 is 8.42 Å². The number of aromatic nitrogens is 4. The first kappa shape index (κ1) is 12.7. The second-order valence-corrected chi connectivity index (χ2v) is 5.65. The highest BCUT2D eigenvalue weighted by Crippen LogP contribution is 2.13. The first-order valence-corrected chi connectivity index (χ1v) is 7.01. The molecule has 0 saturated carbocycles. The van der Waals surface area contributed by atoms with E-state index in [9.17, 15) is 8.42 Å². The van der Waals surface area contributed by atoms with Gasteiger partial charge in [-0.3, -0.25) is 0 Å². The van der Waals surface area contributed by atoms with Crippen LogP contribution >= 0.6 is 0 Å². The fourth-order valence-electron chi connectivity index (χ4n) is 1.43. The van der Waals surface area contributed by atoms with E-state index in [1.807, 2.05) is 0 Å². The van der Waals surface area contributed by atoms with Gasteiger partial charge in [0.05, 0.1) is 11.4 Å². The summed E-state index contributed by atoms with van der Waals surface area (Å²) in [7, 11) is -3.42. The largest absolute Gasteiger partial charge is 0.329 e. The molecule has 0 fully saturated rings. The summed E-state index contributed by atoms with van der Waals surface area (Å²) in [5.41, 5.74) is 5.34. The highest BCUT2D eigenvalue weighted by atomic mass is 32.2. The molecule has 8 heteroatoms. The lowest BCUT2D eigenvalue weighted by Crippen LogP contribution is -2.13. The van der Waals surface area contributed by atoms with Crippen LogP contribution in [0.2, 0.25) is 0 Å². The number of nitrogens with two attached hydrogens (primary N) is 1. The standard InChI is InChI=1S/C10H13N5O2S/c11-6-7-15-13-10(12-14-15)8-18(16,17)9-4-2-1-3-5-9/h1-5H,6-8,11H2. The molecular formula is C10H13N5O2S. The maximum Gasteiger partial charge on any atom is 0.190 e.